The van der Waals surface area contributed by atoms with Gasteiger partial charge < -0.3 is 20.4 Å². The molecule has 0 heterocycles. The highest BCUT2D eigenvalue weighted by Crippen LogP contribution is 2.03. The third-order valence-electron chi connectivity index (χ3n) is 1.77. The molecule has 0 aromatic carbocycles. The second-order valence-electron chi connectivity index (χ2n) is 3.12. The van der Waals surface area contributed by atoms with Gasteiger partial charge in [-0.3, -0.25) is 14.9 Å². The van der Waals surface area contributed by atoms with Crippen LogP contribution in [0.25, 0.3) is 0 Å². The highest BCUT2D eigenvalue weighted by Gasteiger charge is 2.26. The van der Waals surface area contributed by atoms with Crippen LogP contribution >= 0.6 is 11.6 Å². The van der Waals surface area contributed by atoms with Crippen LogP contribution in [-0.4, -0.2) is 63.0 Å². The molecule has 0 unspecified atom stereocenters. The fourth-order valence-corrected chi connectivity index (χ4v) is 0.982. The molecule has 0 bridgehead atoms. The summed E-state index contributed by atoms with van der Waals surface area (Å²) in [6.45, 7) is -0.750. The molecule has 0 aromatic heterocycles. The lowest BCUT2D eigenvalue weighted by Gasteiger charge is -2.20. The maximum absolute atomic E-state index is 11.0. The summed E-state index contributed by atoms with van der Waals surface area (Å²) in [4.78, 5) is 21.7. The number of hydrogen-bond donors (Lipinski definition) is 5. The molecule has 5 N–H and O–H groups in total. The Morgan fingerprint density at radius 3 is 2.12 bits per heavy atom. The smallest absolute Gasteiger partial charge is 0.241 e. The Hall–Kier alpha value is -0.730. The van der Waals surface area contributed by atoms with Gasteiger partial charge in [-0.05, 0) is 0 Å². The van der Waals surface area contributed by atoms with Crippen LogP contribution in [0.3, 0.4) is 0 Å². The van der Waals surface area contributed by atoms with Crippen molar-refractivity contribution in [2.24, 2.45) is 0 Å². The highest BCUT2D eigenvalue weighted by atomic mass is 35.5. The van der Waals surface area contributed by atoms with Gasteiger partial charge in [-0.15, -0.1) is 11.6 Å². The average molecular weight is 256 g/mol. The van der Waals surface area contributed by atoms with Crippen LogP contribution in [0.15, 0.2) is 0 Å². The van der Waals surface area contributed by atoms with Crippen LogP contribution in [0, 0.1) is 0 Å². The Morgan fingerprint density at radius 1 is 1.12 bits per heavy atom. The molecule has 16 heavy (non-hydrogen) atoms. The molecule has 0 saturated heterocycles. The molecule has 7 nitrogen and oxygen atoms in total. The molecule has 0 saturated carbocycles. The number of carbonyl (C=O) groups is 2. The Bertz CT molecular complexity index is 249. The fraction of sp³-hybridized carbons (Fsp3) is 0.750. The van der Waals surface area contributed by atoms with Gasteiger partial charge >= 0.3 is 0 Å². The molecule has 0 spiro atoms. The third-order valence-corrected chi connectivity index (χ3v) is 2.01. The lowest BCUT2D eigenvalue weighted by molar-refractivity contribution is -0.133. The van der Waals surface area contributed by atoms with E-state index in [2.05, 4.69) is 0 Å². The maximum atomic E-state index is 11.0. The van der Waals surface area contributed by atoms with E-state index in [1.54, 1.807) is 0 Å². The lowest BCUT2D eigenvalue weighted by Crippen LogP contribution is -2.43. The fourth-order valence-electron chi connectivity index (χ4n) is 0.915. The quantitative estimate of drug-likeness (QED) is 0.330. The zero-order valence-corrected chi connectivity index (χ0v) is 9.09. The Kier molecular flexibility index (Phi) is 7.18. The third kappa shape index (κ3) is 5.38. The zero-order valence-electron chi connectivity index (χ0n) is 8.34. The SMILES string of the molecule is O=C(CCl)NC(=O)C[C@@H](O)[C@@H](O)[C@H](O)CO. The van der Waals surface area contributed by atoms with Gasteiger partial charge in [0.15, 0.2) is 0 Å². The Balaban J connectivity index is 4.08. The summed E-state index contributed by atoms with van der Waals surface area (Å²) in [5, 5.41) is 37.7. The standard InChI is InChI=1S/C8H14ClNO6/c9-2-7(15)10-6(14)1-4(12)8(16)5(13)3-11/h4-5,8,11-13,16H,1-3H2,(H,10,14,15)/t4-,5-,8-/m1/s1. The maximum Gasteiger partial charge on any atom is 0.241 e. The second kappa shape index (κ2) is 7.53. The van der Waals surface area contributed by atoms with Crippen molar-refractivity contribution in [3.05, 3.63) is 0 Å². The minimum Gasteiger partial charge on any atom is -0.394 e. The van der Waals surface area contributed by atoms with E-state index in [0.29, 0.717) is 0 Å². The van der Waals surface area contributed by atoms with Gasteiger partial charge in [0.1, 0.15) is 18.1 Å². The van der Waals surface area contributed by atoms with Crippen LogP contribution in [0.5, 0.6) is 0 Å². The van der Waals surface area contributed by atoms with E-state index in [0.717, 1.165) is 0 Å². The molecule has 3 atom stereocenters. The van der Waals surface area contributed by atoms with Crippen molar-refractivity contribution in [2.75, 3.05) is 12.5 Å². The van der Waals surface area contributed by atoms with Crippen LogP contribution in [0.4, 0.5) is 0 Å². The Labute approximate surface area is 96.6 Å². The molecular weight excluding hydrogens is 242 g/mol. The Morgan fingerprint density at radius 2 is 1.69 bits per heavy atom. The lowest BCUT2D eigenvalue weighted by atomic mass is 10.1. The van der Waals surface area contributed by atoms with Gasteiger partial charge in [-0.1, -0.05) is 0 Å². The van der Waals surface area contributed by atoms with E-state index in [1.165, 1.54) is 0 Å². The highest BCUT2D eigenvalue weighted by molar-refractivity contribution is 6.28. The summed E-state index contributed by atoms with van der Waals surface area (Å²) >= 11 is 5.12. The van der Waals surface area contributed by atoms with E-state index in [1.807, 2.05) is 5.32 Å². The van der Waals surface area contributed by atoms with Crippen LogP contribution < -0.4 is 5.32 Å². The topological polar surface area (TPSA) is 127 Å². The number of aliphatic hydroxyl groups excluding tert-OH is 4. The number of nitrogens with one attached hydrogen (secondary N) is 1. The summed E-state index contributed by atoms with van der Waals surface area (Å²) in [6, 6.07) is 0. The largest absolute Gasteiger partial charge is 0.394 e. The normalized spacial score (nSPS) is 16.3. The molecule has 0 aromatic rings. The minimum atomic E-state index is -1.66. The molecular formula is C8H14ClNO6. The first-order chi connectivity index (χ1) is 7.42. The van der Waals surface area contributed by atoms with Crippen molar-refractivity contribution < 1.29 is 30.0 Å². The summed E-state index contributed by atoms with van der Waals surface area (Å²) in [6.07, 6.45) is -5.38. The van der Waals surface area contributed by atoms with Gasteiger partial charge in [0, 0.05) is 0 Å². The molecule has 0 rings (SSSR count). The number of aliphatic hydroxyl groups is 4. The molecule has 0 fully saturated rings. The van der Waals surface area contributed by atoms with Crippen molar-refractivity contribution >= 4 is 23.4 Å². The molecule has 0 aliphatic heterocycles. The summed E-state index contributed by atoms with van der Waals surface area (Å²) in [5.41, 5.74) is 0. The van der Waals surface area contributed by atoms with E-state index >= 15 is 0 Å². The number of rotatable bonds is 6. The molecule has 94 valence electrons. The molecule has 8 heteroatoms. The number of amides is 2. The van der Waals surface area contributed by atoms with Crippen LogP contribution in [0.1, 0.15) is 6.42 Å². The minimum absolute atomic E-state index is 0.399. The second-order valence-corrected chi connectivity index (χ2v) is 3.38. The number of carbonyl (C=O) groups excluding carboxylic acids is 2. The first-order valence-corrected chi connectivity index (χ1v) is 4.99. The van der Waals surface area contributed by atoms with Crippen molar-refractivity contribution in [1.29, 1.82) is 0 Å². The van der Waals surface area contributed by atoms with E-state index in [9.17, 15) is 19.8 Å². The predicted molar refractivity (Wildman–Crippen MR) is 53.6 cm³/mol. The predicted octanol–water partition coefficient (Wildman–Crippen LogP) is -2.67. The van der Waals surface area contributed by atoms with Gasteiger partial charge in [0.2, 0.25) is 11.8 Å². The summed E-state index contributed by atoms with van der Waals surface area (Å²) in [7, 11) is 0. The number of hydrogen-bond acceptors (Lipinski definition) is 6. The zero-order chi connectivity index (χ0) is 12.7. The van der Waals surface area contributed by atoms with Crippen molar-refractivity contribution in [3.8, 4) is 0 Å². The summed E-state index contributed by atoms with van der Waals surface area (Å²) < 4.78 is 0. The number of imide groups is 1. The average Bonchev–Trinajstić information content (AvgIpc) is 2.26. The molecule has 2 amide bonds. The first-order valence-electron chi connectivity index (χ1n) is 4.46. The van der Waals surface area contributed by atoms with Gasteiger partial charge in [-0.2, -0.15) is 0 Å². The number of alkyl halides is 1. The first kappa shape index (κ1) is 15.3. The molecule has 0 radical (unpaired) electrons. The van der Waals surface area contributed by atoms with E-state index < -0.39 is 49.0 Å². The van der Waals surface area contributed by atoms with Gasteiger partial charge in [0.05, 0.1) is 19.1 Å². The van der Waals surface area contributed by atoms with Crippen molar-refractivity contribution in [3.63, 3.8) is 0 Å². The van der Waals surface area contributed by atoms with Crippen LogP contribution in [0.2, 0.25) is 0 Å². The van der Waals surface area contributed by atoms with Crippen molar-refractivity contribution in [1.82, 2.24) is 5.32 Å². The molecule has 0 aliphatic carbocycles. The van der Waals surface area contributed by atoms with Gasteiger partial charge in [-0.25, -0.2) is 0 Å². The summed E-state index contributed by atoms with van der Waals surface area (Å²) in [5.74, 6) is -1.96. The molecule has 0 aliphatic rings. The van der Waals surface area contributed by atoms with Crippen molar-refractivity contribution in [2.45, 2.75) is 24.7 Å². The van der Waals surface area contributed by atoms with Gasteiger partial charge in [0.25, 0.3) is 0 Å². The van der Waals surface area contributed by atoms with Crippen LogP contribution in [-0.2, 0) is 9.59 Å². The monoisotopic (exact) mass is 255 g/mol. The van der Waals surface area contributed by atoms with E-state index in [4.69, 9.17) is 21.8 Å². The number of halogens is 1. The van der Waals surface area contributed by atoms with E-state index in [-0.39, 0.29) is 0 Å².